The molecule has 0 aliphatic heterocycles. The minimum absolute atomic E-state index is 0.188. The molecule has 2 rings (SSSR count). The van der Waals surface area contributed by atoms with Crippen molar-refractivity contribution in [2.24, 2.45) is 5.92 Å². The van der Waals surface area contributed by atoms with E-state index < -0.39 is 18.0 Å². The summed E-state index contributed by atoms with van der Waals surface area (Å²) in [7, 11) is 1.74. The van der Waals surface area contributed by atoms with Gasteiger partial charge in [-0.15, -0.1) is 0 Å². The number of nitrogens with zero attached hydrogens (tertiary/aromatic N) is 1. The fourth-order valence-corrected chi connectivity index (χ4v) is 2.72. The summed E-state index contributed by atoms with van der Waals surface area (Å²) in [5, 5.41) is 2.90. The van der Waals surface area contributed by atoms with E-state index in [9.17, 15) is 13.2 Å². The van der Waals surface area contributed by atoms with Gasteiger partial charge in [0, 0.05) is 12.5 Å². The second-order valence-electron chi connectivity index (χ2n) is 4.73. The van der Waals surface area contributed by atoms with Gasteiger partial charge in [0.1, 0.15) is 5.76 Å². The standard InChI is InChI=1S/C12H17F3N2O/c1-16-6-10-11(18-7-17-10)8-4-2-3-5-9(8)12(13,14)15/h7-9,16H,2-6H2,1H3. The Kier molecular flexibility index (Phi) is 3.94. The van der Waals surface area contributed by atoms with Crippen LogP contribution in [-0.4, -0.2) is 18.2 Å². The Balaban J connectivity index is 2.25. The molecule has 1 heterocycles. The number of hydrogen-bond donors (Lipinski definition) is 1. The highest BCUT2D eigenvalue weighted by atomic mass is 19.4. The van der Waals surface area contributed by atoms with E-state index in [0.717, 1.165) is 6.42 Å². The summed E-state index contributed by atoms with van der Waals surface area (Å²) >= 11 is 0. The summed E-state index contributed by atoms with van der Waals surface area (Å²) in [6.45, 7) is 0.437. The highest BCUT2D eigenvalue weighted by Crippen LogP contribution is 2.47. The quantitative estimate of drug-likeness (QED) is 0.908. The van der Waals surface area contributed by atoms with Crippen LogP contribution in [0.15, 0.2) is 10.8 Å². The van der Waals surface area contributed by atoms with Gasteiger partial charge in [-0.3, -0.25) is 0 Å². The van der Waals surface area contributed by atoms with Crippen molar-refractivity contribution in [3.8, 4) is 0 Å². The maximum absolute atomic E-state index is 13.0. The first-order valence-electron chi connectivity index (χ1n) is 6.17. The molecule has 1 saturated carbocycles. The van der Waals surface area contributed by atoms with Crippen LogP contribution in [0, 0.1) is 5.92 Å². The molecule has 0 bridgehead atoms. The molecule has 0 aromatic carbocycles. The Morgan fingerprint density at radius 1 is 1.39 bits per heavy atom. The van der Waals surface area contributed by atoms with Gasteiger partial charge in [-0.25, -0.2) is 4.98 Å². The van der Waals surface area contributed by atoms with Crippen molar-refractivity contribution in [1.82, 2.24) is 10.3 Å². The summed E-state index contributed by atoms with van der Waals surface area (Å²) < 4.78 is 44.3. The van der Waals surface area contributed by atoms with Gasteiger partial charge >= 0.3 is 6.18 Å². The minimum Gasteiger partial charge on any atom is -0.448 e. The SMILES string of the molecule is CNCc1ncoc1C1CCCCC1C(F)(F)F. The molecule has 1 aromatic heterocycles. The second-order valence-corrected chi connectivity index (χ2v) is 4.73. The van der Waals surface area contributed by atoms with Gasteiger partial charge < -0.3 is 9.73 Å². The molecule has 1 aromatic rings. The lowest BCUT2D eigenvalue weighted by atomic mass is 9.77. The largest absolute Gasteiger partial charge is 0.448 e. The molecule has 0 saturated heterocycles. The molecule has 0 amide bonds. The number of alkyl halides is 3. The normalized spacial score (nSPS) is 25.3. The highest BCUT2D eigenvalue weighted by Gasteiger charge is 2.47. The number of aromatic nitrogens is 1. The van der Waals surface area contributed by atoms with Crippen molar-refractivity contribution in [2.45, 2.75) is 44.3 Å². The predicted molar refractivity (Wildman–Crippen MR) is 60.0 cm³/mol. The van der Waals surface area contributed by atoms with Gasteiger partial charge in [0.15, 0.2) is 6.39 Å². The van der Waals surface area contributed by atoms with E-state index in [1.54, 1.807) is 7.05 Å². The zero-order valence-corrected chi connectivity index (χ0v) is 10.3. The van der Waals surface area contributed by atoms with Gasteiger partial charge in [-0.05, 0) is 19.9 Å². The van der Waals surface area contributed by atoms with Crippen LogP contribution in [0.4, 0.5) is 13.2 Å². The van der Waals surface area contributed by atoms with Crippen LogP contribution >= 0.6 is 0 Å². The monoisotopic (exact) mass is 262 g/mol. The van der Waals surface area contributed by atoms with Gasteiger partial charge in [-0.2, -0.15) is 13.2 Å². The van der Waals surface area contributed by atoms with Gasteiger partial charge in [-0.1, -0.05) is 12.8 Å². The molecule has 1 aliphatic rings. The number of nitrogens with one attached hydrogen (secondary N) is 1. The van der Waals surface area contributed by atoms with E-state index in [2.05, 4.69) is 10.3 Å². The molecule has 0 radical (unpaired) electrons. The Bertz CT molecular complexity index is 389. The number of oxazole rings is 1. The molecule has 1 fully saturated rings. The molecule has 2 atom stereocenters. The van der Waals surface area contributed by atoms with Crippen molar-refractivity contribution >= 4 is 0 Å². The highest BCUT2D eigenvalue weighted by molar-refractivity contribution is 5.15. The molecule has 0 spiro atoms. The van der Waals surface area contributed by atoms with E-state index in [1.165, 1.54) is 6.39 Å². The van der Waals surface area contributed by atoms with Crippen molar-refractivity contribution < 1.29 is 17.6 Å². The topological polar surface area (TPSA) is 38.1 Å². The van der Waals surface area contributed by atoms with Gasteiger partial charge in [0.05, 0.1) is 11.6 Å². The molecule has 18 heavy (non-hydrogen) atoms. The molecule has 3 nitrogen and oxygen atoms in total. The molecule has 6 heteroatoms. The lowest BCUT2D eigenvalue weighted by molar-refractivity contribution is -0.188. The molecular weight excluding hydrogens is 245 g/mol. The van der Waals surface area contributed by atoms with Crippen molar-refractivity contribution in [2.75, 3.05) is 7.05 Å². The Labute approximate surface area is 104 Å². The first-order valence-corrected chi connectivity index (χ1v) is 6.17. The Morgan fingerprint density at radius 3 is 2.78 bits per heavy atom. The minimum atomic E-state index is -4.16. The zero-order chi connectivity index (χ0) is 13.2. The van der Waals surface area contributed by atoms with Crippen LogP contribution < -0.4 is 5.32 Å². The van der Waals surface area contributed by atoms with Crippen LogP contribution in [0.5, 0.6) is 0 Å². The fourth-order valence-electron chi connectivity index (χ4n) is 2.72. The predicted octanol–water partition coefficient (Wildman–Crippen LogP) is 3.23. The summed E-state index contributed by atoms with van der Waals surface area (Å²) in [5.41, 5.74) is 0.596. The third kappa shape index (κ3) is 2.68. The third-order valence-electron chi connectivity index (χ3n) is 3.54. The lowest BCUT2D eigenvalue weighted by Crippen LogP contribution is -2.32. The number of halogens is 3. The zero-order valence-electron chi connectivity index (χ0n) is 10.3. The average Bonchev–Trinajstić information content (AvgIpc) is 2.77. The van der Waals surface area contributed by atoms with E-state index in [1.807, 2.05) is 0 Å². The Morgan fingerprint density at radius 2 is 2.11 bits per heavy atom. The van der Waals surface area contributed by atoms with Crippen molar-refractivity contribution in [1.29, 1.82) is 0 Å². The maximum atomic E-state index is 13.0. The molecule has 2 unspecified atom stereocenters. The van der Waals surface area contributed by atoms with Crippen LogP contribution in [0.2, 0.25) is 0 Å². The maximum Gasteiger partial charge on any atom is 0.392 e. The van der Waals surface area contributed by atoms with E-state index in [-0.39, 0.29) is 6.42 Å². The van der Waals surface area contributed by atoms with Crippen molar-refractivity contribution in [3.63, 3.8) is 0 Å². The molecule has 102 valence electrons. The van der Waals surface area contributed by atoms with Crippen molar-refractivity contribution in [3.05, 3.63) is 17.8 Å². The van der Waals surface area contributed by atoms with Crippen LogP contribution in [0.1, 0.15) is 43.1 Å². The molecule has 1 N–H and O–H groups in total. The lowest BCUT2D eigenvalue weighted by Gasteiger charge is -2.31. The van der Waals surface area contributed by atoms with Crippen LogP contribution in [-0.2, 0) is 6.54 Å². The fraction of sp³-hybridized carbons (Fsp3) is 0.750. The average molecular weight is 262 g/mol. The summed E-state index contributed by atoms with van der Waals surface area (Å²) in [5.74, 6) is -1.47. The van der Waals surface area contributed by atoms with Gasteiger partial charge in [0.2, 0.25) is 0 Å². The van der Waals surface area contributed by atoms with E-state index in [0.29, 0.717) is 30.8 Å². The first-order chi connectivity index (χ1) is 8.54. The first kappa shape index (κ1) is 13.4. The second kappa shape index (κ2) is 5.30. The smallest absolute Gasteiger partial charge is 0.392 e. The van der Waals surface area contributed by atoms with Crippen LogP contribution in [0.3, 0.4) is 0 Å². The third-order valence-corrected chi connectivity index (χ3v) is 3.54. The summed E-state index contributed by atoms with van der Waals surface area (Å²) in [6.07, 6.45) is -0.754. The van der Waals surface area contributed by atoms with Crippen LogP contribution in [0.25, 0.3) is 0 Å². The summed E-state index contributed by atoms with van der Waals surface area (Å²) in [6, 6.07) is 0. The molecular formula is C12H17F3N2O. The summed E-state index contributed by atoms with van der Waals surface area (Å²) in [4.78, 5) is 4.00. The van der Waals surface area contributed by atoms with E-state index in [4.69, 9.17) is 4.42 Å². The molecule has 1 aliphatic carbocycles. The number of rotatable bonds is 3. The Hall–Kier alpha value is -1.04. The van der Waals surface area contributed by atoms with E-state index >= 15 is 0 Å². The van der Waals surface area contributed by atoms with Gasteiger partial charge in [0.25, 0.3) is 0 Å². The number of hydrogen-bond acceptors (Lipinski definition) is 3.